The second-order valence-electron chi connectivity index (χ2n) is 3.36. The number of nitrogens with two attached hydrogens (primary N) is 3. The van der Waals surface area contributed by atoms with Gasteiger partial charge in [0.1, 0.15) is 5.00 Å². The Morgan fingerprint density at radius 1 is 1.40 bits per heavy atom. The van der Waals surface area contributed by atoms with E-state index in [2.05, 4.69) is 5.10 Å². The Kier molecular flexibility index (Phi) is 2.37. The molecule has 0 bridgehead atoms. The van der Waals surface area contributed by atoms with Gasteiger partial charge in [-0.15, -0.1) is 11.3 Å². The molecule has 15 heavy (non-hydrogen) atoms. The van der Waals surface area contributed by atoms with Crippen LogP contribution in [0.15, 0.2) is 18.3 Å². The van der Waals surface area contributed by atoms with Gasteiger partial charge in [0.25, 0.3) is 0 Å². The molecule has 0 aliphatic carbocycles. The smallest absolute Gasteiger partial charge is 0.151 e. The van der Waals surface area contributed by atoms with E-state index < -0.39 is 0 Å². The molecule has 2 heterocycles. The average molecular weight is 223 g/mol. The number of hydrogen-bond acceptors (Lipinski definition) is 5. The highest BCUT2D eigenvalue weighted by Gasteiger charge is 2.10. The second-order valence-corrected chi connectivity index (χ2v) is 4.46. The first-order valence-corrected chi connectivity index (χ1v) is 5.36. The molecule has 80 valence electrons. The van der Waals surface area contributed by atoms with Crippen LogP contribution in [0, 0.1) is 0 Å². The molecule has 2 rings (SSSR count). The first kappa shape index (κ1) is 10.0. The number of hydrogen-bond donors (Lipinski definition) is 3. The highest BCUT2D eigenvalue weighted by atomic mass is 32.1. The minimum absolute atomic E-state index is 0.0258. The summed E-state index contributed by atoms with van der Waals surface area (Å²) in [5.74, 6) is 0.466. The zero-order valence-corrected chi connectivity index (χ0v) is 9.16. The van der Waals surface area contributed by atoms with E-state index >= 15 is 0 Å². The molecule has 0 saturated carbocycles. The fraction of sp³-hybridized carbons (Fsp3) is 0.222. The Morgan fingerprint density at radius 3 is 2.60 bits per heavy atom. The summed E-state index contributed by atoms with van der Waals surface area (Å²) in [7, 11) is 0. The zero-order valence-electron chi connectivity index (χ0n) is 8.34. The van der Waals surface area contributed by atoms with Gasteiger partial charge in [0.05, 0.1) is 11.9 Å². The van der Waals surface area contributed by atoms with E-state index in [0.29, 0.717) is 11.5 Å². The van der Waals surface area contributed by atoms with Crippen molar-refractivity contribution in [3.05, 3.63) is 23.2 Å². The molecule has 0 aliphatic heterocycles. The van der Waals surface area contributed by atoms with Crippen LogP contribution in [0.3, 0.4) is 0 Å². The maximum absolute atomic E-state index is 5.77. The molecule has 6 heteroatoms. The van der Waals surface area contributed by atoms with Crippen LogP contribution in [0.2, 0.25) is 0 Å². The van der Waals surface area contributed by atoms with E-state index in [1.54, 1.807) is 22.2 Å². The summed E-state index contributed by atoms with van der Waals surface area (Å²) in [4.78, 5) is 1.10. The molecule has 1 unspecified atom stereocenters. The molecule has 1 atom stereocenters. The molecule has 2 aromatic rings. The van der Waals surface area contributed by atoms with Crippen LogP contribution in [0.4, 0.5) is 11.5 Å². The lowest BCUT2D eigenvalue weighted by Crippen LogP contribution is -2.02. The van der Waals surface area contributed by atoms with Crippen molar-refractivity contribution >= 4 is 22.8 Å². The fourth-order valence-electron chi connectivity index (χ4n) is 1.25. The van der Waals surface area contributed by atoms with E-state index in [1.165, 1.54) is 0 Å². The van der Waals surface area contributed by atoms with Crippen LogP contribution < -0.4 is 17.2 Å². The highest BCUT2D eigenvalue weighted by Crippen LogP contribution is 2.27. The first-order valence-electron chi connectivity index (χ1n) is 4.54. The summed E-state index contributed by atoms with van der Waals surface area (Å²) in [5, 5.41) is 5.02. The van der Waals surface area contributed by atoms with Crippen molar-refractivity contribution in [3.8, 4) is 5.00 Å². The van der Waals surface area contributed by atoms with Gasteiger partial charge in [-0.25, -0.2) is 4.68 Å². The molecule has 0 aliphatic rings. The molecular weight excluding hydrogens is 210 g/mol. The third kappa shape index (κ3) is 1.69. The van der Waals surface area contributed by atoms with Crippen molar-refractivity contribution in [1.82, 2.24) is 9.78 Å². The molecular formula is C9H13N5S. The van der Waals surface area contributed by atoms with Crippen molar-refractivity contribution in [2.75, 3.05) is 11.5 Å². The molecule has 0 radical (unpaired) electrons. The quantitative estimate of drug-likeness (QED) is 0.710. The Labute approximate surface area is 91.5 Å². The highest BCUT2D eigenvalue weighted by molar-refractivity contribution is 7.14. The third-order valence-electron chi connectivity index (χ3n) is 2.11. The van der Waals surface area contributed by atoms with Gasteiger partial charge in [-0.3, -0.25) is 0 Å². The molecule has 0 saturated heterocycles. The van der Waals surface area contributed by atoms with Gasteiger partial charge >= 0.3 is 0 Å². The van der Waals surface area contributed by atoms with Crippen LogP contribution in [0.5, 0.6) is 0 Å². The van der Waals surface area contributed by atoms with Gasteiger partial charge in [0.2, 0.25) is 0 Å². The predicted molar refractivity (Wildman–Crippen MR) is 62.9 cm³/mol. The minimum atomic E-state index is 0.0258. The minimum Gasteiger partial charge on any atom is -0.394 e. The van der Waals surface area contributed by atoms with Crippen LogP contribution in [0.25, 0.3) is 5.00 Å². The topological polar surface area (TPSA) is 95.9 Å². The number of aromatic nitrogens is 2. The Morgan fingerprint density at radius 2 is 2.13 bits per heavy atom. The van der Waals surface area contributed by atoms with Gasteiger partial charge in [0, 0.05) is 10.9 Å². The first-order chi connectivity index (χ1) is 7.09. The summed E-state index contributed by atoms with van der Waals surface area (Å²) in [5.41, 5.74) is 17.7. The lowest BCUT2D eigenvalue weighted by Gasteiger charge is -2.01. The SMILES string of the molecule is CC(N)c1ccc(-n2ncc(N)c2N)s1. The Hall–Kier alpha value is -1.53. The number of anilines is 2. The Bertz CT molecular complexity index is 471. The lowest BCUT2D eigenvalue weighted by molar-refractivity contribution is 0.838. The monoisotopic (exact) mass is 223 g/mol. The largest absolute Gasteiger partial charge is 0.394 e. The Balaban J connectivity index is 2.41. The molecule has 2 aromatic heterocycles. The lowest BCUT2D eigenvalue weighted by atomic mass is 10.3. The van der Waals surface area contributed by atoms with Crippen molar-refractivity contribution in [3.63, 3.8) is 0 Å². The van der Waals surface area contributed by atoms with E-state index in [-0.39, 0.29) is 6.04 Å². The molecule has 0 aromatic carbocycles. The van der Waals surface area contributed by atoms with Crippen LogP contribution in [-0.4, -0.2) is 9.78 Å². The van der Waals surface area contributed by atoms with Gasteiger partial charge in [0.15, 0.2) is 5.82 Å². The van der Waals surface area contributed by atoms with Gasteiger partial charge in [-0.05, 0) is 19.1 Å². The summed E-state index contributed by atoms with van der Waals surface area (Å²) in [6.45, 7) is 1.94. The molecule has 5 nitrogen and oxygen atoms in total. The van der Waals surface area contributed by atoms with E-state index in [1.807, 2.05) is 19.1 Å². The van der Waals surface area contributed by atoms with Crippen molar-refractivity contribution < 1.29 is 0 Å². The third-order valence-corrected chi connectivity index (χ3v) is 3.37. The van der Waals surface area contributed by atoms with Crippen LogP contribution >= 0.6 is 11.3 Å². The summed E-state index contributed by atoms with van der Waals surface area (Å²) in [6.07, 6.45) is 1.54. The van der Waals surface area contributed by atoms with E-state index in [0.717, 1.165) is 9.88 Å². The van der Waals surface area contributed by atoms with Crippen molar-refractivity contribution in [2.24, 2.45) is 5.73 Å². The maximum Gasteiger partial charge on any atom is 0.151 e. The summed E-state index contributed by atoms with van der Waals surface area (Å²) < 4.78 is 1.62. The van der Waals surface area contributed by atoms with Gasteiger partial charge in [-0.2, -0.15) is 5.10 Å². The molecule has 0 amide bonds. The summed E-state index contributed by atoms with van der Waals surface area (Å²) in [6, 6.07) is 3.94. The molecule has 0 fully saturated rings. The number of nitrogen functional groups attached to an aromatic ring is 2. The second kappa shape index (κ2) is 3.56. The van der Waals surface area contributed by atoms with Crippen molar-refractivity contribution in [1.29, 1.82) is 0 Å². The molecule has 6 N–H and O–H groups in total. The van der Waals surface area contributed by atoms with Gasteiger partial charge < -0.3 is 17.2 Å². The average Bonchev–Trinajstić information content (AvgIpc) is 2.76. The van der Waals surface area contributed by atoms with Crippen molar-refractivity contribution in [2.45, 2.75) is 13.0 Å². The summed E-state index contributed by atoms with van der Waals surface area (Å²) >= 11 is 1.56. The molecule has 0 spiro atoms. The van der Waals surface area contributed by atoms with E-state index in [4.69, 9.17) is 17.2 Å². The van der Waals surface area contributed by atoms with E-state index in [9.17, 15) is 0 Å². The standard InChI is InChI=1S/C9H13N5S/c1-5(10)7-2-3-8(15-7)14-9(12)6(11)4-13-14/h2-5H,10-12H2,1H3. The number of rotatable bonds is 2. The normalized spacial score (nSPS) is 12.9. The zero-order chi connectivity index (χ0) is 11.0. The van der Waals surface area contributed by atoms with Crippen LogP contribution in [-0.2, 0) is 0 Å². The van der Waals surface area contributed by atoms with Gasteiger partial charge in [-0.1, -0.05) is 0 Å². The van der Waals surface area contributed by atoms with Crippen LogP contribution in [0.1, 0.15) is 17.8 Å². The number of thiophene rings is 1. The predicted octanol–water partition coefficient (Wildman–Crippen LogP) is 1.12. The fourth-order valence-corrected chi connectivity index (χ4v) is 2.18. The maximum atomic E-state index is 5.77. The number of nitrogens with zero attached hydrogens (tertiary/aromatic N) is 2.